The van der Waals surface area contributed by atoms with E-state index in [1.54, 1.807) is 0 Å². The second-order valence-corrected chi connectivity index (χ2v) is 7.20. The largest absolute Gasteiger partial charge is 0.126 e. The Bertz CT molecular complexity index is 431. The van der Waals surface area contributed by atoms with Crippen molar-refractivity contribution in [3.8, 4) is 0 Å². The molecule has 2 rings (SSSR count). The summed E-state index contributed by atoms with van der Waals surface area (Å²) in [6, 6.07) is 4.56. The minimum Gasteiger partial charge on any atom is -0.126 e. The van der Waals surface area contributed by atoms with Crippen LogP contribution in [0.5, 0.6) is 0 Å². The van der Waals surface area contributed by atoms with Gasteiger partial charge in [-0.2, -0.15) is 0 Å². The molecule has 2 heteroatoms. The highest BCUT2D eigenvalue weighted by atomic mass is 35.5. The predicted octanol–water partition coefficient (Wildman–Crippen LogP) is 5.81. The van der Waals surface area contributed by atoms with E-state index in [1.807, 2.05) is 0 Å². The van der Waals surface area contributed by atoms with Crippen molar-refractivity contribution in [3.63, 3.8) is 0 Å². The van der Waals surface area contributed by atoms with Crippen LogP contribution in [0.15, 0.2) is 12.1 Å². The van der Waals surface area contributed by atoms with Crippen molar-refractivity contribution < 1.29 is 0 Å². The van der Waals surface area contributed by atoms with Gasteiger partial charge in [-0.05, 0) is 62.6 Å². The Labute approximate surface area is 133 Å². The standard InChI is InChI=1S/C18H26Cl2/c1-13-8-14(2)17(15(3)9-13)10-18(11-19,12-20)16-6-4-5-7-16/h8-9,16H,4-7,10-12H2,1-3H3. The molecule has 0 aliphatic heterocycles. The third-order valence-electron chi connectivity index (χ3n) is 5.12. The highest BCUT2D eigenvalue weighted by molar-refractivity contribution is 6.21. The van der Waals surface area contributed by atoms with Gasteiger partial charge in [0.1, 0.15) is 0 Å². The zero-order valence-corrected chi connectivity index (χ0v) is 14.4. The van der Waals surface area contributed by atoms with Gasteiger partial charge in [0.25, 0.3) is 0 Å². The molecule has 0 amide bonds. The molecule has 1 aliphatic carbocycles. The third kappa shape index (κ3) is 3.17. The lowest BCUT2D eigenvalue weighted by Gasteiger charge is -2.37. The van der Waals surface area contributed by atoms with Crippen LogP contribution in [0.3, 0.4) is 0 Å². The lowest BCUT2D eigenvalue weighted by atomic mass is 9.72. The fourth-order valence-electron chi connectivity index (χ4n) is 3.87. The topological polar surface area (TPSA) is 0 Å². The molecule has 0 saturated heterocycles. The number of aryl methyl sites for hydroxylation is 3. The highest BCUT2D eigenvalue weighted by Crippen LogP contribution is 2.44. The van der Waals surface area contributed by atoms with Crippen molar-refractivity contribution in [2.75, 3.05) is 11.8 Å². The van der Waals surface area contributed by atoms with E-state index in [4.69, 9.17) is 23.2 Å². The van der Waals surface area contributed by atoms with Crippen LogP contribution in [0, 0.1) is 32.1 Å². The Morgan fingerprint density at radius 1 is 1.00 bits per heavy atom. The number of hydrogen-bond donors (Lipinski definition) is 0. The van der Waals surface area contributed by atoms with Crippen molar-refractivity contribution in [3.05, 3.63) is 34.4 Å². The molecule has 1 saturated carbocycles. The number of rotatable bonds is 5. The Hall–Kier alpha value is -0.200. The third-order valence-corrected chi connectivity index (χ3v) is 6.19. The van der Waals surface area contributed by atoms with Crippen molar-refractivity contribution in [1.82, 2.24) is 0 Å². The monoisotopic (exact) mass is 312 g/mol. The van der Waals surface area contributed by atoms with Gasteiger partial charge in [0, 0.05) is 17.2 Å². The van der Waals surface area contributed by atoms with E-state index < -0.39 is 0 Å². The van der Waals surface area contributed by atoms with Crippen molar-refractivity contribution >= 4 is 23.2 Å². The maximum absolute atomic E-state index is 6.41. The van der Waals surface area contributed by atoms with Crippen LogP contribution >= 0.6 is 23.2 Å². The average Bonchev–Trinajstić information content (AvgIpc) is 2.93. The van der Waals surface area contributed by atoms with Crippen LogP contribution < -0.4 is 0 Å². The summed E-state index contributed by atoms with van der Waals surface area (Å²) in [5.41, 5.74) is 5.65. The van der Waals surface area contributed by atoms with E-state index in [0.717, 1.165) is 6.42 Å². The van der Waals surface area contributed by atoms with Crippen molar-refractivity contribution in [1.29, 1.82) is 0 Å². The Kier molecular flexibility index (Phi) is 5.42. The fraction of sp³-hybridized carbons (Fsp3) is 0.667. The first kappa shape index (κ1) is 16.2. The molecule has 0 unspecified atom stereocenters. The first-order valence-electron chi connectivity index (χ1n) is 7.71. The summed E-state index contributed by atoms with van der Waals surface area (Å²) < 4.78 is 0. The molecule has 0 radical (unpaired) electrons. The first-order valence-corrected chi connectivity index (χ1v) is 8.78. The SMILES string of the molecule is Cc1cc(C)c(CC(CCl)(CCl)C2CCCC2)c(C)c1. The normalized spacial score (nSPS) is 16.9. The summed E-state index contributed by atoms with van der Waals surface area (Å²) in [5, 5.41) is 0. The van der Waals surface area contributed by atoms with Gasteiger partial charge in [-0.3, -0.25) is 0 Å². The highest BCUT2D eigenvalue weighted by Gasteiger charge is 2.39. The van der Waals surface area contributed by atoms with Crippen LogP contribution in [0.1, 0.15) is 47.9 Å². The Morgan fingerprint density at radius 3 is 1.95 bits per heavy atom. The molecule has 20 heavy (non-hydrogen) atoms. The molecular formula is C18H26Cl2. The molecule has 0 heterocycles. The zero-order chi connectivity index (χ0) is 14.8. The van der Waals surface area contributed by atoms with Crippen LogP contribution in [0.4, 0.5) is 0 Å². The maximum Gasteiger partial charge on any atom is 0.0297 e. The molecule has 112 valence electrons. The van der Waals surface area contributed by atoms with E-state index in [9.17, 15) is 0 Å². The van der Waals surface area contributed by atoms with Crippen LogP contribution in [0.25, 0.3) is 0 Å². The van der Waals surface area contributed by atoms with E-state index in [1.165, 1.54) is 47.9 Å². The molecule has 0 bridgehead atoms. The Morgan fingerprint density at radius 2 is 1.50 bits per heavy atom. The van der Waals surface area contributed by atoms with E-state index in [-0.39, 0.29) is 5.41 Å². The minimum absolute atomic E-state index is 0.0738. The van der Waals surface area contributed by atoms with Gasteiger partial charge in [-0.1, -0.05) is 30.5 Å². The van der Waals surface area contributed by atoms with Crippen LogP contribution in [-0.2, 0) is 6.42 Å². The summed E-state index contributed by atoms with van der Waals surface area (Å²) in [7, 11) is 0. The molecule has 1 fully saturated rings. The number of halogens is 2. The van der Waals surface area contributed by atoms with Gasteiger partial charge in [-0.25, -0.2) is 0 Å². The summed E-state index contributed by atoms with van der Waals surface area (Å²) in [5.74, 6) is 2.04. The van der Waals surface area contributed by atoms with Crippen molar-refractivity contribution in [2.45, 2.75) is 52.9 Å². The van der Waals surface area contributed by atoms with E-state index in [0.29, 0.717) is 17.7 Å². The van der Waals surface area contributed by atoms with Gasteiger partial charge in [0.2, 0.25) is 0 Å². The molecule has 0 spiro atoms. The minimum atomic E-state index is 0.0738. The van der Waals surface area contributed by atoms with Crippen LogP contribution in [-0.4, -0.2) is 11.8 Å². The van der Waals surface area contributed by atoms with Gasteiger partial charge < -0.3 is 0 Å². The molecule has 0 nitrogen and oxygen atoms in total. The Balaban J connectivity index is 2.33. The van der Waals surface area contributed by atoms with Gasteiger partial charge in [-0.15, -0.1) is 23.2 Å². The fourth-order valence-corrected chi connectivity index (χ4v) is 4.78. The summed E-state index contributed by atoms with van der Waals surface area (Å²) in [4.78, 5) is 0. The molecular weight excluding hydrogens is 287 g/mol. The first-order chi connectivity index (χ1) is 9.52. The maximum atomic E-state index is 6.41. The van der Waals surface area contributed by atoms with E-state index >= 15 is 0 Å². The summed E-state index contributed by atoms with van der Waals surface area (Å²) in [6.45, 7) is 6.60. The quantitative estimate of drug-likeness (QED) is 0.602. The zero-order valence-electron chi connectivity index (χ0n) is 12.9. The predicted molar refractivity (Wildman–Crippen MR) is 90.2 cm³/mol. The average molecular weight is 313 g/mol. The smallest absolute Gasteiger partial charge is 0.0297 e. The van der Waals surface area contributed by atoms with Gasteiger partial charge in [0.15, 0.2) is 0 Å². The van der Waals surface area contributed by atoms with Gasteiger partial charge >= 0.3 is 0 Å². The molecule has 0 aromatic heterocycles. The summed E-state index contributed by atoms with van der Waals surface area (Å²) >= 11 is 12.8. The van der Waals surface area contributed by atoms with Gasteiger partial charge in [0.05, 0.1) is 0 Å². The lowest BCUT2D eigenvalue weighted by Crippen LogP contribution is -2.36. The molecule has 1 aromatic carbocycles. The second kappa shape index (κ2) is 6.71. The van der Waals surface area contributed by atoms with Crippen molar-refractivity contribution in [2.24, 2.45) is 11.3 Å². The van der Waals surface area contributed by atoms with Crippen LogP contribution in [0.2, 0.25) is 0 Å². The number of hydrogen-bond acceptors (Lipinski definition) is 0. The van der Waals surface area contributed by atoms with E-state index in [2.05, 4.69) is 32.9 Å². The second-order valence-electron chi connectivity index (χ2n) is 6.67. The lowest BCUT2D eigenvalue weighted by molar-refractivity contribution is 0.224. The number of alkyl halides is 2. The summed E-state index contributed by atoms with van der Waals surface area (Å²) in [6.07, 6.45) is 6.30. The molecule has 0 atom stereocenters. The molecule has 1 aliphatic rings. The molecule has 1 aromatic rings. The molecule has 0 N–H and O–H groups in total. The number of benzene rings is 1.